The molecule has 0 unspecified atom stereocenters. The van der Waals surface area contributed by atoms with Crippen LogP contribution in [0.1, 0.15) is 5.56 Å². The number of para-hydroxylation sites is 2. The van der Waals surface area contributed by atoms with E-state index in [1.165, 1.54) is 12.1 Å². The SMILES string of the molecule is O=C(Cc1cccc2c(=O)c3ccccc3oc12)NS(=O)(=O)c1ccccc1. The zero-order valence-electron chi connectivity index (χ0n) is 14.6. The van der Waals surface area contributed by atoms with Crippen molar-refractivity contribution in [2.24, 2.45) is 0 Å². The number of carbonyl (C=O) groups is 1. The van der Waals surface area contributed by atoms with E-state index in [9.17, 15) is 18.0 Å². The topological polar surface area (TPSA) is 93.4 Å². The molecule has 4 aromatic rings. The summed E-state index contributed by atoms with van der Waals surface area (Å²) < 4.78 is 32.5. The highest BCUT2D eigenvalue weighted by molar-refractivity contribution is 7.90. The Kier molecular flexibility index (Phi) is 4.44. The van der Waals surface area contributed by atoms with Crippen molar-refractivity contribution >= 4 is 37.9 Å². The van der Waals surface area contributed by atoms with E-state index in [1.54, 1.807) is 60.7 Å². The van der Waals surface area contributed by atoms with Crippen LogP contribution in [-0.4, -0.2) is 14.3 Å². The third kappa shape index (κ3) is 3.27. The first-order valence-corrected chi connectivity index (χ1v) is 9.98. The van der Waals surface area contributed by atoms with E-state index in [1.807, 2.05) is 0 Å². The molecule has 1 aromatic heterocycles. The van der Waals surface area contributed by atoms with E-state index in [2.05, 4.69) is 4.72 Å². The van der Waals surface area contributed by atoms with Crippen molar-refractivity contribution in [1.29, 1.82) is 0 Å². The van der Waals surface area contributed by atoms with Crippen LogP contribution in [0.4, 0.5) is 0 Å². The van der Waals surface area contributed by atoms with Gasteiger partial charge in [-0.3, -0.25) is 9.59 Å². The van der Waals surface area contributed by atoms with E-state index >= 15 is 0 Å². The van der Waals surface area contributed by atoms with Crippen molar-refractivity contribution in [3.63, 3.8) is 0 Å². The van der Waals surface area contributed by atoms with Crippen LogP contribution in [0.5, 0.6) is 0 Å². The predicted octanol–water partition coefficient (Wildman–Crippen LogP) is 2.99. The molecule has 0 radical (unpaired) electrons. The lowest BCUT2D eigenvalue weighted by Gasteiger charge is -2.09. The Balaban J connectivity index is 1.70. The Bertz CT molecular complexity index is 1360. The van der Waals surface area contributed by atoms with Crippen molar-refractivity contribution in [1.82, 2.24) is 4.72 Å². The average Bonchev–Trinajstić information content (AvgIpc) is 2.69. The number of fused-ring (bicyclic) bond motifs is 2. The lowest BCUT2D eigenvalue weighted by Crippen LogP contribution is -2.31. The molecule has 0 fully saturated rings. The van der Waals surface area contributed by atoms with E-state index in [-0.39, 0.29) is 22.3 Å². The Labute approximate surface area is 160 Å². The molecule has 1 heterocycles. The molecule has 0 saturated heterocycles. The standard InChI is InChI=1S/C21H15NO5S/c23-19(22-28(25,26)15-8-2-1-3-9-15)13-14-7-6-11-17-20(24)16-10-4-5-12-18(16)27-21(14)17/h1-12H,13H2,(H,22,23). The van der Waals surface area contributed by atoms with Gasteiger partial charge in [0, 0.05) is 5.56 Å². The third-order valence-corrected chi connectivity index (χ3v) is 5.73. The molecule has 0 aliphatic heterocycles. The Morgan fingerprint density at radius 3 is 2.32 bits per heavy atom. The Hall–Kier alpha value is -3.45. The molecule has 0 aliphatic carbocycles. The monoisotopic (exact) mass is 393 g/mol. The summed E-state index contributed by atoms with van der Waals surface area (Å²) in [4.78, 5) is 25.1. The number of sulfonamides is 1. The van der Waals surface area contributed by atoms with Gasteiger partial charge < -0.3 is 4.42 Å². The van der Waals surface area contributed by atoms with Gasteiger partial charge in [-0.15, -0.1) is 0 Å². The highest BCUT2D eigenvalue weighted by Crippen LogP contribution is 2.22. The quantitative estimate of drug-likeness (QED) is 0.538. The van der Waals surface area contributed by atoms with E-state index in [0.29, 0.717) is 21.9 Å². The summed E-state index contributed by atoms with van der Waals surface area (Å²) in [7, 11) is -3.97. The van der Waals surface area contributed by atoms with Gasteiger partial charge >= 0.3 is 0 Å². The summed E-state index contributed by atoms with van der Waals surface area (Å²) in [5, 5.41) is 0.790. The average molecular weight is 393 g/mol. The van der Waals surface area contributed by atoms with E-state index in [4.69, 9.17) is 4.42 Å². The molecular weight excluding hydrogens is 378 g/mol. The van der Waals surface area contributed by atoms with Gasteiger partial charge in [-0.25, -0.2) is 13.1 Å². The van der Waals surface area contributed by atoms with Gasteiger partial charge in [-0.1, -0.05) is 42.5 Å². The first-order chi connectivity index (χ1) is 13.5. The number of hydrogen-bond acceptors (Lipinski definition) is 5. The molecule has 7 heteroatoms. The van der Waals surface area contributed by atoms with Gasteiger partial charge in [0.15, 0.2) is 0 Å². The Morgan fingerprint density at radius 2 is 1.54 bits per heavy atom. The zero-order valence-corrected chi connectivity index (χ0v) is 15.4. The molecule has 0 atom stereocenters. The summed E-state index contributed by atoms with van der Waals surface area (Å²) in [6, 6.07) is 19.4. The first kappa shape index (κ1) is 17.9. The minimum Gasteiger partial charge on any atom is -0.456 e. The number of benzene rings is 3. The fourth-order valence-electron chi connectivity index (χ4n) is 3.04. The van der Waals surface area contributed by atoms with Gasteiger partial charge in [0.1, 0.15) is 11.2 Å². The van der Waals surface area contributed by atoms with Crippen LogP contribution < -0.4 is 10.2 Å². The van der Waals surface area contributed by atoms with Crippen molar-refractivity contribution in [2.45, 2.75) is 11.3 Å². The van der Waals surface area contributed by atoms with Crippen LogP contribution in [0, 0.1) is 0 Å². The molecule has 0 saturated carbocycles. The maximum Gasteiger partial charge on any atom is 0.264 e. The van der Waals surface area contributed by atoms with E-state index in [0.717, 1.165) is 0 Å². The van der Waals surface area contributed by atoms with Crippen LogP contribution in [-0.2, 0) is 21.2 Å². The van der Waals surface area contributed by atoms with Crippen LogP contribution >= 0.6 is 0 Å². The van der Waals surface area contributed by atoms with Gasteiger partial charge in [0.25, 0.3) is 10.0 Å². The van der Waals surface area contributed by atoms with Crippen LogP contribution in [0.25, 0.3) is 21.9 Å². The molecule has 0 bridgehead atoms. The van der Waals surface area contributed by atoms with Gasteiger partial charge in [0.05, 0.1) is 22.1 Å². The highest BCUT2D eigenvalue weighted by Gasteiger charge is 2.19. The molecule has 4 rings (SSSR count). The van der Waals surface area contributed by atoms with Crippen LogP contribution in [0.3, 0.4) is 0 Å². The summed E-state index contributed by atoms with van der Waals surface area (Å²) in [5.41, 5.74) is 0.917. The number of rotatable bonds is 4. The molecule has 6 nitrogen and oxygen atoms in total. The van der Waals surface area contributed by atoms with Crippen molar-refractivity contribution in [2.75, 3.05) is 0 Å². The molecule has 0 spiro atoms. The normalized spacial score (nSPS) is 11.6. The van der Waals surface area contributed by atoms with Crippen molar-refractivity contribution in [3.05, 3.63) is 88.6 Å². The Morgan fingerprint density at radius 1 is 0.857 bits per heavy atom. The zero-order chi connectivity index (χ0) is 19.7. The second-order valence-electron chi connectivity index (χ2n) is 6.24. The molecule has 28 heavy (non-hydrogen) atoms. The van der Waals surface area contributed by atoms with Crippen molar-refractivity contribution in [3.8, 4) is 0 Å². The fourth-order valence-corrected chi connectivity index (χ4v) is 4.04. The number of amides is 1. The molecule has 0 aliphatic rings. The number of nitrogens with one attached hydrogen (secondary N) is 1. The molecule has 140 valence electrons. The lowest BCUT2D eigenvalue weighted by molar-refractivity contribution is -0.118. The summed E-state index contributed by atoms with van der Waals surface area (Å²) in [6.07, 6.45) is -0.245. The molecular formula is C21H15NO5S. The smallest absolute Gasteiger partial charge is 0.264 e. The third-order valence-electron chi connectivity index (χ3n) is 4.34. The molecule has 1 N–H and O–H groups in total. The largest absolute Gasteiger partial charge is 0.456 e. The predicted molar refractivity (Wildman–Crippen MR) is 105 cm³/mol. The van der Waals surface area contributed by atoms with Gasteiger partial charge in [-0.2, -0.15) is 0 Å². The van der Waals surface area contributed by atoms with Gasteiger partial charge in [-0.05, 0) is 30.3 Å². The first-order valence-electron chi connectivity index (χ1n) is 8.50. The number of carbonyl (C=O) groups excluding carboxylic acids is 1. The summed E-state index contributed by atoms with van der Waals surface area (Å²) in [5.74, 6) is -0.716. The molecule has 1 amide bonds. The lowest BCUT2D eigenvalue weighted by atomic mass is 10.1. The van der Waals surface area contributed by atoms with Crippen LogP contribution in [0.2, 0.25) is 0 Å². The minimum absolute atomic E-state index is 0.00112. The fraction of sp³-hybridized carbons (Fsp3) is 0.0476. The second-order valence-corrected chi connectivity index (χ2v) is 7.92. The van der Waals surface area contributed by atoms with E-state index < -0.39 is 15.9 Å². The minimum atomic E-state index is -3.97. The van der Waals surface area contributed by atoms with Crippen LogP contribution in [0.15, 0.2) is 86.9 Å². The number of hydrogen-bond donors (Lipinski definition) is 1. The summed E-state index contributed by atoms with van der Waals surface area (Å²) >= 11 is 0. The maximum absolute atomic E-state index is 12.7. The summed E-state index contributed by atoms with van der Waals surface area (Å²) in [6.45, 7) is 0. The maximum atomic E-state index is 12.7. The highest BCUT2D eigenvalue weighted by atomic mass is 32.2. The van der Waals surface area contributed by atoms with Crippen molar-refractivity contribution < 1.29 is 17.6 Å². The second kappa shape index (κ2) is 6.94. The molecule has 3 aromatic carbocycles. The van der Waals surface area contributed by atoms with Gasteiger partial charge in [0.2, 0.25) is 11.3 Å².